The van der Waals surface area contributed by atoms with Crippen molar-refractivity contribution in [3.8, 4) is 0 Å². The van der Waals surface area contributed by atoms with E-state index < -0.39 is 23.5 Å². The Morgan fingerprint density at radius 3 is 2.33 bits per heavy atom. The third kappa shape index (κ3) is 3.13. The highest BCUT2D eigenvalue weighted by Crippen LogP contribution is 2.23. The van der Waals surface area contributed by atoms with Gasteiger partial charge in [0.05, 0.1) is 5.56 Å². The minimum atomic E-state index is -1.08. The number of hydrogen-bond donors (Lipinski definition) is 1. The predicted molar refractivity (Wildman–Crippen MR) is 67.5 cm³/mol. The zero-order valence-corrected chi connectivity index (χ0v) is 11.2. The molecule has 2 N–H and O–H groups in total. The van der Waals surface area contributed by atoms with Gasteiger partial charge in [0.1, 0.15) is 0 Å². The Morgan fingerprint density at radius 2 is 1.83 bits per heavy atom. The van der Waals surface area contributed by atoms with Gasteiger partial charge in [-0.2, -0.15) is 0 Å². The molecule has 0 saturated carbocycles. The fourth-order valence-electron chi connectivity index (χ4n) is 1.48. The number of hydrogen-bond acceptors (Lipinski definition) is 2. The zero-order valence-electron chi connectivity index (χ0n) is 11.2. The lowest BCUT2D eigenvalue weighted by atomic mass is 9.83. The normalized spacial score (nSPS) is 13.5. The summed E-state index contributed by atoms with van der Waals surface area (Å²) in [4.78, 5) is 11.9. The molecule has 18 heavy (non-hydrogen) atoms. The van der Waals surface area contributed by atoms with E-state index >= 15 is 0 Å². The Labute approximate surface area is 106 Å². The first-order valence-corrected chi connectivity index (χ1v) is 5.88. The SMILES string of the molecule is Cc1ccc(C(=O)CC(N)C(C)(C)C)c(F)c1F. The van der Waals surface area contributed by atoms with Gasteiger partial charge in [0, 0.05) is 12.5 Å². The maximum Gasteiger partial charge on any atom is 0.169 e. The second-order valence-electron chi connectivity index (χ2n) is 5.66. The molecule has 0 saturated heterocycles. The van der Waals surface area contributed by atoms with Crippen molar-refractivity contribution >= 4 is 5.78 Å². The third-order valence-electron chi connectivity index (χ3n) is 3.09. The largest absolute Gasteiger partial charge is 0.327 e. The van der Waals surface area contributed by atoms with Crippen LogP contribution in [0.1, 0.15) is 43.1 Å². The number of nitrogens with two attached hydrogens (primary N) is 1. The van der Waals surface area contributed by atoms with Crippen LogP contribution >= 0.6 is 0 Å². The molecule has 0 radical (unpaired) electrons. The van der Waals surface area contributed by atoms with Crippen LogP contribution in [0.3, 0.4) is 0 Å². The molecule has 4 heteroatoms. The number of halogens is 2. The van der Waals surface area contributed by atoms with E-state index in [4.69, 9.17) is 5.73 Å². The van der Waals surface area contributed by atoms with Gasteiger partial charge in [-0.05, 0) is 24.0 Å². The topological polar surface area (TPSA) is 43.1 Å². The summed E-state index contributed by atoms with van der Waals surface area (Å²) in [6.07, 6.45) is 0.00290. The predicted octanol–water partition coefficient (Wildman–Crippen LogP) is 3.22. The van der Waals surface area contributed by atoms with Crippen molar-refractivity contribution in [1.82, 2.24) is 0 Å². The molecule has 0 spiro atoms. The monoisotopic (exact) mass is 255 g/mol. The Morgan fingerprint density at radius 1 is 1.28 bits per heavy atom. The summed E-state index contributed by atoms with van der Waals surface area (Å²) in [5, 5.41) is 0. The summed E-state index contributed by atoms with van der Waals surface area (Å²) < 4.78 is 27.0. The van der Waals surface area contributed by atoms with E-state index in [1.165, 1.54) is 19.1 Å². The van der Waals surface area contributed by atoms with Crippen molar-refractivity contribution < 1.29 is 13.6 Å². The molecule has 0 aromatic heterocycles. The van der Waals surface area contributed by atoms with Gasteiger partial charge in [-0.3, -0.25) is 4.79 Å². The van der Waals surface area contributed by atoms with E-state index in [0.717, 1.165) is 0 Å². The minimum absolute atomic E-state index is 0.00290. The van der Waals surface area contributed by atoms with Crippen LogP contribution in [0.25, 0.3) is 0 Å². The van der Waals surface area contributed by atoms with Gasteiger partial charge in [-0.1, -0.05) is 26.8 Å². The van der Waals surface area contributed by atoms with Gasteiger partial charge in [0.15, 0.2) is 17.4 Å². The van der Waals surface area contributed by atoms with Crippen LogP contribution in [0.15, 0.2) is 12.1 Å². The lowest BCUT2D eigenvalue weighted by Gasteiger charge is -2.26. The molecule has 1 unspecified atom stereocenters. The van der Waals surface area contributed by atoms with E-state index in [9.17, 15) is 13.6 Å². The smallest absolute Gasteiger partial charge is 0.169 e. The summed E-state index contributed by atoms with van der Waals surface area (Å²) in [6, 6.07) is 2.31. The van der Waals surface area contributed by atoms with Crippen LogP contribution in [0.4, 0.5) is 8.78 Å². The van der Waals surface area contributed by atoms with Crippen molar-refractivity contribution in [2.45, 2.75) is 40.2 Å². The third-order valence-corrected chi connectivity index (χ3v) is 3.09. The maximum atomic E-state index is 13.6. The van der Waals surface area contributed by atoms with Crippen molar-refractivity contribution in [2.75, 3.05) is 0 Å². The van der Waals surface area contributed by atoms with Crippen LogP contribution < -0.4 is 5.73 Å². The average Bonchev–Trinajstić information content (AvgIpc) is 2.24. The van der Waals surface area contributed by atoms with E-state index in [-0.39, 0.29) is 23.0 Å². The molecule has 0 bridgehead atoms. The Bertz CT molecular complexity index is 464. The fourth-order valence-corrected chi connectivity index (χ4v) is 1.48. The molecule has 1 aromatic rings. The van der Waals surface area contributed by atoms with Crippen molar-refractivity contribution in [2.24, 2.45) is 11.1 Å². The lowest BCUT2D eigenvalue weighted by Crippen LogP contribution is -2.37. The summed E-state index contributed by atoms with van der Waals surface area (Å²) >= 11 is 0. The van der Waals surface area contributed by atoms with Crippen LogP contribution in [0, 0.1) is 24.0 Å². The number of aryl methyl sites for hydroxylation is 1. The molecule has 0 fully saturated rings. The minimum Gasteiger partial charge on any atom is -0.327 e. The van der Waals surface area contributed by atoms with Gasteiger partial charge in [-0.15, -0.1) is 0 Å². The molecule has 1 rings (SSSR count). The van der Waals surface area contributed by atoms with Gasteiger partial charge in [0.2, 0.25) is 0 Å². The first-order chi connectivity index (χ1) is 8.14. The van der Waals surface area contributed by atoms with E-state index in [0.29, 0.717) is 0 Å². The standard InChI is InChI=1S/C14H19F2NO/c1-8-5-6-9(13(16)12(8)15)10(18)7-11(17)14(2,3)4/h5-6,11H,7,17H2,1-4H3. The molecule has 0 aliphatic heterocycles. The van der Waals surface area contributed by atoms with Crippen LogP contribution in [-0.4, -0.2) is 11.8 Å². The fraction of sp³-hybridized carbons (Fsp3) is 0.500. The molecule has 0 amide bonds. The zero-order chi connectivity index (χ0) is 14.1. The van der Waals surface area contributed by atoms with Crippen molar-refractivity contribution in [3.05, 3.63) is 34.9 Å². The Kier molecular flexibility index (Phi) is 4.22. The van der Waals surface area contributed by atoms with Crippen molar-refractivity contribution in [3.63, 3.8) is 0 Å². The summed E-state index contributed by atoms with van der Waals surface area (Å²) in [6.45, 7) is 7.15. The molecular weight excluding hydrogens is 236 g/mol. The van der Waals surface area contributed by atoms with Gasteiger partial charge in [0.25, 0.3) is 0 Å². The maximum absolute atomic E-state index is 13.6. The Hall–Kier alpha value is -1.29. The number of rotatable bonds is 3. The number of benzene rings is 1. The van der Waals surface area contributed by atoms with Crippen LogP contribution in [-0.2, 0) is 0 Å². The molecular formula is C14H19F2NO. The lowest BCUT2D eigenvalue weighted by molar-refractivity contribution is 0.0948. The van der Waals surface area contributed by atoms with E-state index in [1.807, 2.05) is 20.8 Å². The van der Waals surface area contributed by atoms with Crippen LogP contribution in [0.5, 0.6) is 0 Å². The van der Waals surface area contributed by atoms with E-state index in [2.05, 4.69) is 0 Å². The molecule has 2 nitrogen and oxygen atoms in total. The number of carbonyl (C=O) groups is 1. The highest BCUT2D eigenvalue weighted by molar-refractivity contribution is 5.96. The van der Waals surface area contributed by atoms with Gasteiger partial charge in [-0.25, -0.2) is 8.78 Å². The first kappa shape index (κ1) is 14.8. The molecule has 0 heterocycles. The number of Topliss-reactive ketones (excluding diaryl/α,β-unsaturated/α-hetero) is 1. The molecule has 1 aromatic carbocycles. The number of ketones is 1. The quantitative estimate of drug-likeness (QED) is 0.843. The molecule has 0 aliphatic rings. The average molecular weight is 255 g/mol. The molecule has 100 valence electrons. The second kappa shape index (κ2) is 5.14. The summed E-state index contributed by atoms with van der Waals surface area (Å²) in [7, 11) is 0. The van der Waals surface area contributed by atoms with Crippen LogP contribution in [0.2, 0.25) is 0 Å². The highest BCUT2D eigenvalue weighted by atomic mass is 19.2. The second-order valence-corrected chi connectivity index (χ2v) is 5.66. The van der Waals surface area contributed by atoms with Gasteiger partial charge < -0.3 is 5.73 Å². The number of carbonyl (C=O) groups excluding carboxylic acids is 1. The summed E-state index contributed by atoms with van der Waals surface area (Å²) in [5.74, 6) is -2.51. The summed E-state index contributed by atoms with van der Waals surface area (Å²) in [5.41, 5.74) is 5.58. The first-order valence-electron chi connectivity index (χ1n) is 5.88. The molecule has 1 atom stereocenters. The van der Waals surface area contributed by atoms with E-state index in [1.54, 1.807) is 0 Å². The molecule has 0 aliphatic carbocycles. The van der Waals surface area contributed by atoms with Gasteiger partial charge >= 0.3 is 0 Å². The highest BCUT2D eigenvalue weighted by Gasteiger charge is 2.25. The van der Waals surface area contributed by atoms with Crippen molar-refractivity contribution in [1.29, 1.82) is 0 Å². The Balaban J connectivity index is 2.96.